The highest BCUT2D eigenvalue weighted by molar-refractivity contribution is 6.00. The van der Waals surface area contributed by atoms with E-state index in [1.54, 1.807) is 30.0 Å². The summed E-state index contributed by atoms with van der Waals surface area (Å²) in [7, 11) is 0. The first-order chi connectivity index (χ1) is 13.1. The van der Waals surface area contributed by atoms with Crippen molar-refractivity contribution in [2.24, 2.45) is 0 Å². The van der Waals surface area contributed by atoms with Crippen LogP contribution in [0.5, 0.6) is 0 Å². The van der Waals surface area contributed by atoms with Crippen molar-refractivity contribution in [1.82, 2.24) is 10.2 Å². The maximum Gasteiger partial charge on any atom is 0.249 e. The van der Waals surface area contributed by atoms with Crippen molar-refractivity contribution in [2.75, 3.05) is 13.1 Å². The van der Waals surface area contributed by atoms with E-state index in [9.17, 15) is 14.0 Å². The highest BCUT2D eigenvalue weighted by Crippen LogP contribution is 2.20. The number of likely N-dealkylation sites (tertiary alicyclic amines) is 1. The van der Waals surface area contributed by atoms with Crippen LogP contribution in [0.4, 0.5) is 4.39 Å². The van der Waals surface area contributed by atoms with Crippen LogP contribution < -0.4 is 5.32 Å². The van der Waals surface area contributed by atoms with Gasteiger partial charge in [0.2, 0.25) is 11.8 Å². The normalized spacial score (nSPS) is 15.5. The molecule has 1 N–H and O–H groups in total. The Morgan fingerprint density at radius 3 is 2.33 bits per heavy atom. The van der Waals surface area contributed by atoms with E-state index >= 15 is 0 Å². The molecule has 1 aliphatic heterocycles. The quantitative estimate of drug-likeness (QED) is 0.820. The van der Waals surface area contributed by atoms with Crippen LogP contribution in [-0.4, -0.2) is 29.8 Å². The molecule has 5 heteroatoms. The molecule has 0 aliphatic carbocycles. The highest BCUT2D eigenvalue weighted by atomic mass is 19.1. The van der Waals surface area contributed by atoms with Gasteiger partial charge in [-0.3, -0.25) is 9.59 Å². The summed E-state index contributed by atoms with van der Waals surface area (Å²) in [5.41, 5.74) is 1.42. The lowest BCUT2D eigenvalue weighted by atomic mass is 10.0. The van der Waals surface area contributed by atoms with Gasteiger partial charge in [-0.2, -0.15) is 0 Å². The van der Waals surface area contributed by atoms with E-state index in [-0.39, 0.29) is 11.8 Å². The number of rotatable bonds is 5. The third-order valence-corrected chi connectivity index (χ3v) is 4.71. The number of nitrogens with one attached hydrogen (secondary N) is 1. The Hall–Kier alpha value is -2.95. The standard InChI is InChI=1S/C22H23FN2O2/c1-16(15-18-11-5-6-12-19(18)23)21(26)24-20(17-9-3-2-4-10-17)22(27)25-13-7-8-14-25/h2-6,9-12,15,20H,7-8,13-14H2,1H3,(H,24,26)/b16-15+/t20-/m0/s1. The number of carbonyl (C=O) groups excluding carboxylic acids is 2. The molecule has 1 atom stereocenters. The van der Waals surface area contributed by atoms with Crippen LogP contribution in [0.3, 0.4) is 0 Å². The van der Waals surface area contributed by atoms with E-state index in [0.29, 0.717) is 24.2 Å². The summed E-state index contributed by atoms with van der Waals surface area (Å²) in [4.78, 5) is 27.4. The molecule has 0 bridgehead atoms. The lowest BCUT2D eigenvalue weighted by Crippen LogP contribution is -2.42. The van der Waals surface area contributed by atoms with Crippen molar-refractivity contribution in [3.8, 4) is 0 Å². The fourth-order valence-electron chi connectivity index (χ4n) is 3.19. The molecule has 2 aromatic carbocycles. The second kappa shape index (κ2) is 8.62. The first-order valence-electron chi connectivity index (χ1n) is 9.13. The van der Waals surface area contributed by atoms with Crippen molar-refractivity contribution in [3.05, 3.63) is 77.1 Å². The summed E-state index contributed by atoms with van der Waals surface area (Å²) < 4.78 is 13.8. The average molecular weight is 366 g/mol. The lowest BCUT2D eigenvalue weighted by molar-refractivity contribution is -0.135. The zero-order valence-electron chi connectivity index (χ0n) is 15.3. The van der Waals surface area contributed by atoms with Gasteiger partial charge < -0.3 is 10.2 Å². The molecule has 0 radical (unpaired) electrons. The predicted octanol–water partition coefficient (Wildman–Crippen LogP) is 3.71. The molecule has 2 aromatic rings. The minimum absolute atomic E-state index is 0.106. The summed E-state index contributed by atoms with van der Waals surface area (Å²) in [6, 6.07) is 14.7. The van der Waals surface area contributed by atoms with Gasteiger partial charge in [0, 0.05) is 24.2 Å². The molecule has 0 aromatic heterocycles. The molecule has 1 fully saturated rings. The molecule has 2 amide bonds. The average Bonchev–Trinajstić information content (AvgIpc) is 3.22. The summed E-state index contributed by atoms with van der Waals surface area (Å²) in [5.74, 6) is -0.886. The highest BCUT2D eigenvalue weighted by Gasteiger charge is 2.29. The second-order valence-corrected chi connectivity index (χ2v) is 6.70. The summed E-state index contributed by atoms with van der Waals surface area (Å²) in [6.45, 7) is 3.04. The van der Waals surface area contributed by atoms with Gasteiger partial charge in [0.25, 0.3) is 0 Å². The second-order valence-electron chi connectivity index (χ2n) is 6.70. The van der Waals surface area contributed by atoms with Crippen molar-refractivity contribution < 1.29 is 14.0 Å². The van der Waals surface area contributed by atoms with Gasteiger partial charge in [0.1, 0.15) is 11.9 Å². The van der Waals surface area contributed by atoms with E-state index < -0.39 is 11.9 Å². The number of carbonyl (C=O) groups is 2. The van der Waals surface area contributed by atoms with E-state index in [4.69, 9.17) is 0 Å². The molecule has 0 unspecified atom stereocenters. The Kier molecular flexibility index (Phi) is 6.01. The topological polar surface area (TPSA) is 49.4 Å². The first kappa shape index (κ1) is 18.8. The molecule has 3 rings (SSSR count). The smallest absolute Gasteiger partial charge is 0.249 e. The van der Waals surface area contributed by atoms with Gasteiger partial charge in [-0.1, -0.05) is 48.5 Å². The SMILES string of the molecule is C/C(=C\c1ccccc1F)C(=O)N[C@H](C(=O)N1CCCC1)c1ccccc1. The van der Waals surface area contributed by atoms with E-state index in [2.05, 4.69) is 5.32 Å². The van der Waals surface area contributed by atoms with Crippen LogP contribution in [0.25, 0.3) is 6.08 Å². The van der Waals surface area contributed by atoms with Crippen molar-refractivity contribution in [1.29, 1.82) is 0 Å². The summed E-state index contributed by atoms with van der Waals surface area (Å²) in [6.07, 6.45) is 3.45. The van der Waals surface area contributed by atoms with Gasteiger partial charge >= 0.3 is 0 Å². The zero-order chi connectivity index (χ0) is 19.2. The molecule has 0 spiro atoms. The Morgan fingerprint density at radius 2 is 1.67 bits per heavy atom. The molecule has 27 heavy (non-hydrogen) atoms. The molecule has 0 saturated carbocycles. The molecule has 1 saturated heterocycles. The minimum Gasteiger partial charge on any atom is -0.341 e. The number of halogens is 1. The molecular weight excluding hydrogens is 343 g/mol. The maximum atomic E-state index is 13.8. The Morgan fingerprint density at radius 1 is 1.04 bits per heavy atom. The Labute approximate surface area is 158 Å². The minimum atomic E-state index is -0.749. The molecule has 1 aliphatic rings. The van der Waals surface area contributed by atoms with Crippen molar-refractivity contribution in [2.45, 2.75) is 25.8 Å². The van der Waals surface area contributed by atoms with Crippen LogP contribution >= 0.6 is 0 Å². The third kappa shape index (κ3) is 4.61. The summed E-state index contributed by atoms with van der Waals surface area (Å²) in [5, 5.41) is 2.83. The zero-order valence-corrected chi connectivity index (χ0v) is 15.3. The third-order valence-electron chi connectivity index (χ3n) is 4.71. The van der Waals surface area contributed by atoms with Gasteiger partial charge in [-0.25, -0.2) is 4.39 Å². The fourth-order valence-corrected chi connectivity index (χ4v) is 3.19. The largest absolute Gasteiger partial charge is 0.341 e. The Balaban J connectivity index is 1.82. The van der Waals surface area contributed by atoms with E-state index in [1.807, 2.05) is 30.3 Å². The van der Waals surface area contributed by atoms with Crippen molar-refractivity contribution >= 4 is 17.9 Å². The molecule has 140 valence electrons. The number of hydrogen-bond donors (Lipinski definition) is 1. The number of amides is 2. The van der Waals surface area contributed by atoms with Crippen LogP contribution in [-0.2, 0) is 9.59 Å². The Bertz CT molecular complexity index is 842. The van der Waals surface area contributed by atoms with Crippen LogP contribution in [0.15, 0.2) is 60.2 Å². The number of hydrogen-bond acceptors (Lipinski definition) is 2. The van der Waals surface area contributed by atoms with Gasteiger partial charge in [0.05, 0.1) is 0 Å². The van der Waals surface area contributed by atoms with E-state index in [1.165, 1.54) is 12.1 Å². The predicted molar refractivity (Wildman–Crippen MR) is 103 cm³/mol. The maximum absolute atomic E-state index is 13.8. The van der Waals surface area contributed by atoms with Gasteiger partial charge in [0.15, 0.2) is 0 Å². The first-order valence-corrected chi connectivity index (χ1v) is 9.13. The van der Waals surface area contributed by atoms with Crippen molar-refractivity contribution in [3.63, 3.8) is 0 Å². The van der Waals surface area contributed by atoms with Gasteiger partial charge in [-0.05, 0) is 37.5 Å². The number of benzene rings is 2. The molecule has 1 heterocycles. The number of nitrogens with zero attached hydrogens (tertiary/aromatic N) is 1. The van der Waals surface area contributed by atoms with Crippen LogP contribution in [0.1, 0.15) is 36.9 Å². The van der Waals surface area contributed by atoms with E-state index in [0.717, 1.165) is 18.4 Å². The lowest BCUT2D eigenvalue weighted by Gasteiger charge is -2.24. The summed E-state index contributed by atoms with van der Waals surface area (Å²) >= 11 is 0. The monoisotopic (exact) mass is 366 g/mol. The van der Waals surface area contributed by atoms with Crippen LogP contribution in [0, 0.1) is 5.82 Å². The van der Waals surface area contributed by atoms with Crippen LogP contribution in [0.2, 0.25) is 0 Å². The fraction of sp³-hybridized carbons (Fsp3) is 0.273. The molecular formula is C22H23FN2O2. The molecule has 4 nitrogen and oxygen atoms in total. The van der Waals surface area contributed by atoms with Gasteiger partial charge in [-0.15, -0.1) is 0 Å².